The number of thioether (sulfide) groups is 1. The monoisotopic (exact) mass is 410 g/mol. The largest absolute Gasteiger partial charge is 0.349 e. The summed E-state index contributed by atoms with van der Waals surface area (Å²) >= 11 is 1.51. The number of para-hydroxylation sites is 1. The van der Waals surface area contributed by atoms with Crippen LogP contribution in [0.1, 0.15) is 0 Å². The van der Waals surface area contributed by atoms with Gasteiger partial charge in [-0.05, 0) is 44.6 Å². The smallest absolute Gasteiger partial charge is 0.294 e. The van der Waals surface area contributed by atoms with Crippen molar-refractivity contribution in [3.63, 3.8) is 0 Å². The summed E-state index contributed by atoms with van der Waals surface area (Å²) in [4.78, 5) is 13.5. The van der Waals surface area contributed by atoms with Crippen molar-refractivity contribution in [2.75, 3.05) is 38.8 Å². The van der Waals surface area contributed by atoms with Gasteiger partial charge < -0.3 is 10.2 Å². The van der Waals surface area contributed by atoms with E-state index in [4.69, 9.17) is 0 Å². The molecule has 8 nitrogen and oxygen atoms in total. The van der Waals surface area contributed by atoms with E-state index in [0.29, 0.717) is 12.2 Å². The molecule has 2 aromatic rings. The standard InChI is InChI=1S/C17H22N4O4S2/c1-20(2)11-10-18-27(24,25)13-8-9-14(16(12-13)21(22)23)19-15-6-4-5-7-17(15)26-3/h4-9,12,18-19H,10-11H2,1-3H3. The van der Waals surface area contributed by atoms with Crippen LogP contribution in [0, 0.1) is 10.1 Å². The van der Waals surface area contributed by atoms with Crippen molar-refractivity contribution in [1.29, 1.82) is 0 Å². The molecule has 0 spiro atoms. The molecule has 2 aromatic carbocycles. The van der Waals surface area contributed by atoms with E-state index in [2.05, 4.69) is 10.0 Å². The highest BCUT2D eigenvalue weighted by Gasteiger charge is 2.21. The van der Waals surface area contributed by atoms with Crippen molar-refractivity contribution in [2.24, 2.45) is 0 Å². The second-order valence-electron chi connectivity index (χ2n) is 5.96. The van der Waals surface area contributed by atoms with Gasteiger partial charge in [0.2, 0.25) is 10.0 Å². The van der Waals surface area contributed by atoms with Crippen molar-refractivity contribution >= 4 is 38.8 Å². The van der Waals surface area contributed by atoms with Crippen LogP contribution >= 0.6 is 11.8 Å². The molecule has 0 heterocycles. The zero-order valence-corrected chi connectivity index (χ0v) is 16.9. The molecule has 0 unspecified atom stereocenters. The Morgan fingerprint density at radius 1 is 1.15 bits per heavy atom. The quantitative estimate of drug-likeness (QED) is 0.372. The summed E-state index contributed by atoms with van der Waals surface area (Å²) in [6, 6.07) is 11.2. The summed E-state index contributed by atoms with van der Waals surface area (Å²) in [6.45, 7) is 0.733. The molecule has 27 heavy (non-hydrogen) atoms. The normalized spacial score (nSPS) is 11.6. The molecule has 0 aromatic heterocycles. The van der Waals surface area contributed by atoms with Crippen LogP contribution in [0.2, 0.25) is 0 Å². The SMILES string of the molecule is CSc1ccccc1Nc1ccc(S(=O)(=O)NCCN(C)C)cc1[N+](=O)[O-]. The third kappa shape index (κ3) is 5.67. The van der Waals surface area contributed by atoms with Crippen molar-refractivity contribution in [3.8, 4) is 0 Å². The first-order valence-corrected chi connectivity index (χ1v) is 10.8. The van der Waals surface area contributed by atoms with E-state index < -0.39 is 14.9 Å². The van der Waals surface area contributed by atoms with Crippen LogP contribution in [-0.2, 0) is 10.0 Å². The second-order valence-corrected chi connectivity index (χ2v) is 8.58. The number of nitrogens with zero attached hydrogens (tertiary/aromatic N) is 2. The Kier molecular flexibility index (Phi) is 7.19. The fourth-order valence-electron chi connectivity index (χ4n) is 2.32. The number of benzene rings is 2. The summed E-state index contributed by atoms with van der Waals surface area (Å²) in [5.74, 6) is 0. The Morgan fingerprint density at radius 2 is 1.85 bits per heavy atom. The van der Waals surface area contributed by atoms with Gasteiger partial charge in [-0.15, -0.1) is 11.8 Å². The van der Waals surface area contributed by atoms with Crippen molar-refractivity contribution in [2.45, 2.75) is 9.79 Å². The Morgan fingerprint density at radius 3 is 2.48 bits per heavy atom. The van der Waals surface area contributed by atoms with E-state index in [9.17, 15) is 18.5 Å². The fraction of sp³-hybridized carbons (Fsp3) is 0.294. The lowest BCUT2D eigenvalue weighted by atomic mass is 10.2. The summed E-state index contributed by atoms with van der Waals surface area (Å²) in [5, 5.41) is 14.5. The molecule has 2 rings (SSSR count). The third-order valence-electron chi connectivity index (χ3n) is 3.70. The maximum Gasteiger partial charge on any atom is 0.294 e. The van der Waals surface area contributed by atoms with Crippen LogP contribution in [0.3, 0.4) is 0 Å². The Hall–Kier alpha value is -2.14. The van der Waals surface area contributed by atoms with Crippen molar-refractivity contribution < 1.29 is 13.3 Å². The fourth-order valence-corrected chi connectivity index (χ4v) is 3.91. The van der Waals surface area contributed by atoms with E-state index >= 15 is 0 Å². The van der Waals surface area contributed by atoms with Gasteiger partial charge in [0.05, 0.1) is 15.5 Å². The van der Waals surface area contributed by atoms with Gasteiger partial charge >= 0.3 is 0 Å². The van der Waals surface area contributed by atoms with Crippen LogP contribution in [0.4, 0.5) is 17.1 Å². The van der Waals surface area contributed by atoms with Gasteiger partial charge in [0.1, 0.15) is 5.69 Å². The lowest BCUT2D eigenvalue weighted by molar-refractivity contribution is -0.384. The van der Waals surface area contributed by atoms with Gasteiger partial charge in [-0.25, -0.2) is 13.1 Å². The molecule has 0 amide bonds. The van der Waals surface area contributed by atoms with Crippen LogP contribution < -0.4 is 10.0 Å². The number of hydrogen-bond donors (Lipinski definition) is 2. The second kappa shape index (κ2) is 9.18. The van der Waals surface area contributed by atoms with Crippen LogP contribution in [-0.4, -0.2) is 51.7 Å². The molecule has 146 valence electrons. The zero-order chi connectivity index (χ0) is 20.0. The summed E-state index contributed by atoms with van der Waals surface area (Å²) < 4.78 is 27.2. The molecular formula is C17H22N4O4S2. The highest BCUT2D eigenvalue weighted by Crippen LogP contribution is 2.33. The predicted octanol–water partition coefficient (Wildman–Crippen LogP) is 2.90. The summed E-state index contributed by atoms with van der Waals surface area (Å²) in [5.41, 5.74) is 0.642. The number of sulfonamides is 1. The molecule has 0 aliphatic rings. The summed E-state index contributed by atoms with van der Waals surface area (Å²) in [6.07, 6.45) is 1.91. The van der Waals surface area contributed by atoms with Gasteiger partial charge in [-0.2, -0.15) is 0 Å². The van der Waals surface area contributed by atoms with Crippen LogP contribution in [0.15, 0.2) is 52.3 Å². The Balaban J connectivity index is 2.33. The van der Waals surface area contributed by atoms with Crippen molar-refractivity contribution in [1.82, 2.24) is 9.62 Å². The zero-order valence-electron chi connectivity index (χ0n) is 15.3. The van der Waals surface area contributed by atoms with Crippen LogP contribution in [0.25, 0.3) is 0 Å². The maximum absolute atomic E-state index is 12.4. The first-order chi connectivity index (χ1) is 12.7. The average Bonchev–Trinajstić information content (AvgIpc) is 2.61. The van der Waals surface area contributed by atoms with Gasteiger partial charge in [0, 0.05) is 24.1 Å². The number of anilines is 2. The minimum Gasteiger partial charge on any atom is -0.349 e. The molecule has 2 N–H and O–H groups in total. The molecule has 0 atom stereocenters. The number of likely N-dealkylation sites (N-methyl/N-ethyl adjacent to an activating group) is 1. The topological polar surface area (TPSA) is 105 Å². The average molecular weight is 411 g/mol. The number of nitrogens with one attached hydrogen (secondary N) is 2. The van der Waals surface area contributed by atoms with E-state index in [1.54, 1.807) is 0 Å². The molecule has 10 heteroatoms. The van der Waals surface area contributed by atoms with Crippen LogP contribution in [0.5, 0.6) is 0 Å². The predicted molar refractivity (Wildman–Crippen MR) is 108 cm³/mol. The maximum atomic E-state index is 12.4. The van der Waals surface area contributed by atoms with Gasteiger partial charge in [0.15, 0.2) is 0 Å². The molecule has 0 bridgehead atoms. The number of nitro benzene ring substituents is 1. The molecule has 0 saturated heterocycles. The molecular weight excluding hydrogens is 388 g/mol. The van der Waals surface area contributed by atoms with Gasteiger partial charge in [-0.3, -0.25) is 10.1 Å². The van der Waals surface area contributed by atoms with Crippen molar-refractivity contribution in [3.05, 3.63) is 52.6 Å². The summed E-state index contributed by atoms with van der Waals surface area (Å²) in [7, 11) is -0.177. The number of rotatable bonds is 9. The van der Waals surface area contributed by atoms with E-state index in [1.165, 1.54) is 23.9 Å². The number of hydrogen-bond acceptors (Lipinski definition) is 7. The number of nitro groups is 1. The Labute approximate surface area is 163 Å². The first kappa shape index (κ1) is 21.2. The van der Waals surface area contributed by atoms with E-state index in [1.807, 2.05) is 49.5 Å². The lowest BCUT2D eigenvalue weighted by Gasteiger charge is -2.13. The van der Waals surface area contributed by atoms with E-state index in [0.717, 1.165) is 11.0 Å². The van der Waals surface area contributed by atoms with Gasteiger partial charge in [-0.1, -0.05) is 12.1 Å². The third-order valence-corrected chi connectivity index (χ3v) is 5.96. The van der Waals surface area contributed by atoms with E-state index in [-0.39, 0.29) is 22.8 Å². The minimum absolute atomic E-state index is 0.142. The highest BCUT2D eigenvalue weighted by atomic mass is 32.2. The molecule has 0 radical (unpaired) electrons. The lowest BCUT2D eigenvalue weighted by Crippen LogP contribution is -2.31. The highest BCUT2D eigenvalue weighted by molar-refractivity contribution is 7.98. The molecule has 0 aliphatic heterocycles. The first-order valence-electron chi connectivity index (χ1n) is 8.07. The minimum atomic E-state index is -3.83. The Bertz CT molecular complexity index is 917. The van der Waals surface area contributed by atoms with Gasteiger partial charge in [0.25, 0.3) is 5.69 Å². The molecule has 0 saturated carbocycles. The molecule has 0 aliphatic carbocycles. The molecule has 0 fully saturated rings.